The molecule has 3 rings (SSSR count). The Morgan fingerprint density at radius 1 is 1.22 bits per heavy atom. The van der Waals surface area contributed by atoms with Crippen LogP contribution in [0.25, 0.3) is 0 Å². The molecule has 1 aliphatic rings. The van der Waals surface area contributed by atoms with Crippen LogP contribution in [0.15, 0.2) is 33.6 Å². The number of rotatable bonds is 6. The maximum Gasteiger partial charge on any atom is 0.341 e. The molecule has 0 radical (unpaired) electrons. The minimum atomic E-state index is -3.92. The SMILES string of the molecule is COC(=O)c1cc(CNC(=O)c2ccc(Cl)c(S(=O)(=O)N3CC(C)OC(C)C3)c2)oc1C. The van der Waals surface area contributed by atoms with E-state index in [9.17, 15) is 18.0 Å². The summed E-state index contributed by atoms with van der Waals surface area (Å²) < 4.78 is 43.4. The topological polar surface area (TPSA) is 115 Å². The Balaban J connectivity index is 1.78. The molecule has 2 unspecified atom stereocenters. The van der Waals surface area contributed by atoms with E-state index >= 15 is 0 Å². The van der Waals surface area contributed by atoms with E-state index < -0.39 is 21.9 Å². The molecule has 0 bridgehead atoms. The van der Waals surface area contributed by atoms with Crippen LogP contribution in [0.1, 0.15) is 46.1 Å². The van der Waals surface area contributed by atoms with Gasteiger partial charge in [0.25, 0.3) is 5.91 Å². The minimum Gasteiger partial charge on any atom is -0.465 e. The zero-order chi connectivity index (χ0) is 23.6. The van der Waals surface area contributed by atoms with Gasteiger partial charge in [-0.05, 0) is 45.0 Å². The minimum absolute atomic E-state index is 0.000128. The van der Waals surface area contributed by atoms with Gasteiger partial charge < -0.3 is 19.2 Å². The van der Waals surface area contributed by atoms with Gasteiger partial charge in [0.2, 0.25) is 10.0 Å². The van der Waals surface area contributed by atoms with Crippen molar-refractivity contribution >= 4 is 33.5 Å². The zero-order valence-electron chi connectivity index (χ0n) is 18.2. The molecule has 1 N–H and O–H groups in total. The Morgan fingerprint density at radius 2 is 1.88 bits per heavy atom. The average Bonchev–Trinajstić information content (AvgIpc) is 3.11. The monoisotopic (exact) mass is 484 g/mol. The molecule has 0 spiro atoms. The molecule has 1 aromatic carbocycles. The van der Waals surface area contributed by atoms with E-state index in [-0.39, 0.29) is 52.9 Å². The second-order valence-corrected chi connectivity index (χ2v) is 9.89. The average molecular weight is 485 g/mol. The number of esters is 1. The summed E-state index contributed by atoms with van der Waals surface area (Å²) in [5.74, 6) is -0.331. The van der Waals surface area contributed by atoms with Gasteiger partial charge in [-0.25, -0.2) is 13.2 Å². The van der Waals surface area contributed by atoms with Gasteiger partial charge in [0, 0.05) is 18.7 Å². The van der Waals surface area contributed by atoms with E-state index in [0.29, 0.717) is 11.5 Å². The summed E-state index contributed by atoms with van der Waals surface area (Å²) in [4.78, 5) is 24.2. The first-order valence-electron chi connectivity index (χ1n) is 9.94. The highest BCUT2D eigenvalue weighted by Gasteiger charge is 2.34. The number of morpholine rings is 1. The summed E-state index contributed by atoms with van der Waals surface area (Å²) in [5.41, 5.74) is 0.393. The third-order valence-corrected chi connectivity index (χ3v) is 7.31. The fourth-order valence-corrected chi connectivity index (χ4v) is 5.61. The van der Waals surface area contributed by atoms with Crippen molar-refractivity contribution in [1.82, 2.24) is 9.62 Å². The van der Waals surface area contributed by atoms with Gasteiger partial charge in [0.1, 0.15) is 22.0 Å². The number of nitrogens with one attached hydrogen (secondary N) is 1. The van der Waals surface area contributed by atoms with E-state index in [1.54, 1.807) is 20.8 Å². The molecule has 2 heterocycles. The number of amides is 1. The van der Waals surface area contributed by atoms with Crippen LogP contribution in [0.4, 0.5) is 0 Å². The summed E-state index contributed by atoms with van der Waals surface area (Å²) in [6.07, 6.45) is -0.518. The lowest BCUT2D eigenvalue weighted by atomic mass is 10.2. The fraction of sp³-hybridized carbons (Fsp3) is 0.429. The smallest absolute Gasteiger partial charge is 0.341 e. The van der Waals surface area contributed by atoms with Crippen LogP contribution in [0, 0.1) is 6.92 Å². The molecule has 174 valence electrons. The highest BCUT2D eigenvalue weighted by molar-refractivity contribution is 7.89. The lowest BCUT2D eigenvalue weighted by Gasteiger charge is -2.34. The molecule has 1 aromatic heterocycles. The standard InChI is InChI=1S/C21H25ClN2O7S/c1-12-10-24(11-13(2)30-12)32(27,28)19-7-15(5-6-18(19)22)20(25)23-9-16-8-17(14(3)31-16)21(26)29-4/h5-8,12-13H,9-11H2,1-4H3,(H,23,25). The van der Waals surface area contributed by atoms with Crippen LogP contribution in [-0.2, 0) is 26.0 Å². The number of ether oxygens (including phenoxy) is 2. The molecular weight excluding hydrogens is 460 g/mol. The van der Waals surface area contributed by atoms with Gasteiger partial charge in [0.15, 0.2) is 0 Å². The van der Waals surface area contributed by atoms with Crippen LogP contribution >= 0.6 is 11.6 Å². The molecule has 9 nitrogen and oxygen atoms in total. The molecule has 0 saturated carbocycles. The largest absolute Gasteiger partial charge is 0.465 e. The van der Waals surface area contributed by atoms with Crippen LogP contribution in [0.5, 0.6) is 0 Å². The first-order chi connectivity index (χ1) is 15.0. The molecule has 11 heteroatoms. The zero-order valence-corrected chi connectivity index (χ0v) is 19.7. The molecule has 2 aromatic rings. The van der Waals surface area contributed by atoms with Gasteiger partial charge in [0.05, 0.1) is 30.9 Å². The van der Waals surface area contributed by atoms with Gasteiger partial charge >= 0.3 is 5.97 Å². The number of aryl methyl sites for hydroxylation is 1. The van der Waals surface area contributed by atoms with Crippen LogP contribution in [0.2, 0.25) is 5.02 Å². The molecule has 0 aliphatic carbocycles. The van der Waals surface area contributed by atoms with Crippen molar-refractivity contribution < 1.29 is 31.9 Å². The molecule has 1 fully saturated rings. The van der Waals surface area contributed by atoms with E-state index in [2.05, 4.69) is 10.1 Å². The van der Waals surface area contributed by atoms with Crippen molar-refractivity contribution in [2.45, 2.75) is 44.4 Å². The van der Waals surface area contributed by atoms with E-state index in [0.717, 1.165) is 0 Å². The Morgan fingerprint density at radius 3 is 2.50 bits per heavy atom. The number of methoxy groups -OCH3 is 1. The van der Waals surface area contributed by atoms with Crippen molar-refractivity contribution in [2.75, 3.05) is 20.2 Å². The van der Waals surface area contributed by atoms with Crippen LogP contribution < -0.4 is 5.32 Å². The van der Waals surface area contributed by atoms with Crippen molar-refractivity contribution in [3.63, 3.8) is 0 Å². The molecule has 32 heavy (non-hydrogen) atoms. The Kier molecular flexibility index (Phi) is 7.29. The second-order valence-electron chi connectivity index (χ2n) is 7.58. The molecule has 1 amide bonds. The van der Waals surface area contributed by atoms with Crippen LogP contribution in [-0.4, -0.2) is 57.0 Å². The van der Waals surface area contributed by atoms with E-state index in [1.165, 1.54) is 35.7 Å². The normalized spacial score (nSPS) is 19.5. The van der Waals surface area contributed by atoms with Gasteiger partial charge in [-0.3, -0.25) is 4.79 Å². The Bertz CT molecular complexity index is 1120. The van der Waals surface area contributed by atoms with Crippen molar-refractivity contribution in [2.24, 2.45) is 0 Å². The summed E-state index contributed by atoms with van der Waals surface area (Å²) in [5, 5.41) is 2.67. The first kappa shape index (κ1) is 24.2. The van der Waals surface area contributed by atoms with Crippen molar-refractivity contribution in [3.05, 3.63) is 51.9 Å². The predicted molar refractivity (Wildman–Crippen MR) is 116 cm³/mol. The third kappa shape index (κ3) is 5.15. The van der Waals surface area contributed by atoms with Crippen molar-refractivity contribution in [3.8, 4) is 0 Å². The maximum absolute atomic E-state index is 13.2. The number of nitrogens with zero attached hydrogens (tertiary/aromatic N) is 1. The number of furan rings is 1. The predicted octanol–water partition coefficient (Wildman–Crippen LogP) is 2.76. The summed E-state index contributed by atoms with van der Waals surface area (Å²) >= 11 is 6.19. The lowest BCUT2D eigenvalue weighted by molar-refractivity contribution is -0.0440. The molecular formula is C21H25ClN2O7S. The fourth-order valence-electron chi connectivity index (χ4n) is 3.52. The third-order valence-electron chi connectivity index (χ3n) is 4.99. The maximum atomic E-state index is 13.2. The van der Waals surface area contributed by atoms with E-state index in [1.807, 2.05) is 0 Å². The molecule has 1 saturated heterocycles. The number of sulfonamides is 1. The quantitative estimate of drug-likeness (QED) is 0.627. The number of halogens is 1. The number of hydrogen-bond donors (Lipinski definition) is 1. The highest BCUT2D eigenvalue weighted by Crippen LogP contribution is 2.28. The van der Waals surface area contributed by atoms with Gasteiger partial charge in [-0.2, -0.15) is 4.31 Å². The Labute approximate surface area is 191 Å². The van der Waals surface area contributed by atoms with E-state index in [4.69, 9.17) is 20.8 Å². The first-order valence-corrected chi connectivity index (χ1v) is 11.8. The highest BCUT2D eigenvalue weighted by atomic mass is 35.5. The van der Waals surface area contributed by atoms with Crippen LogP contribution in [0.3, 0.4) is 0 Å². The second kappa shape index (κ2) is 9.62. The number of benzene rings is 1. The number of hydrogen-bond acceptors (Lipinski definition) is 7. The number of carbonyl (C=O) groups is 2. The van der Waals surface area contributed by atoms with Gasteiger partial charge in [-0.1, -0.05) is 11.6 Å². The molecule has 1 aliphatic heterocycles. The van der Waals surface area contributed by atoms with Gasteiger partial charge in [-0.15, -0.1) is 0 Å². The number of carbonyl (C=O) groups excluding carboxylic acids is 2. The van der Waals surface area contributed by atoms with Crippen molar-refractivity contribution in [1.29, 1.82) is 0 Å². The summed E-state index contributed by atoms with van der Waals surface area (Å²) in [7, 11) is -2.66. The summed E-state index contributed by atoms with van der Waals surface area (Å²) in [6.45, 7) is 5.60. The lowest BCUT2D eigenvalue weighted by Crippen LogP contribution is -2.48. The molecule has 2 atom stereocenters. The Hall–Kier alpha value is -2.40. The summed E-state index contributed by atoms with van der Waals surface area (Å²) in [6, 6.07) is 5.56.